The van der Waals surface area contributed by atoms with Crippen molar-refractivity contribution in [3.8, 4) is 23.0 Å². The number of ether oxygens (including phenoxy) is 4. The van der Waals surface area contributed by atoms with Crippen LogP contribution in [0.2, 0.25) is 0 Å². The van der Waals surface area contributed by atoms with E-state index in [4.69, 9.17) is 18.9 Å². The SMILES string of the molecule is COC(=O)[C@@]1(OC)C[C@@H](OC(=O)C=Cc2ccc(O)c(O)c2)[C@@H](O)[C@H](C(=O)OC=Cc2ccc(O)c(O)c2)C1. The molecule has 4 atom stereocenters. The van der Waals surface area contributed by atoms with Gasteiger partial charge in [0.1, 0.15) is 12.2 Å². The number of methoxy groups -OCH3 is 2. The number of esters is 3. The van der Waals surface area contributed by atoms with Crippen LogP contribution in [0.3, 0.4) is 0 Å². The number of aromatic hydroxyl groups is 4. The largest absolute Gasteiger partial charge is 0.504 e. The van der Waals surface area contributed by atoms with E-state index in [0.717, 1.165) is 19.4 Å². The van der Waals surface area contributed by atoms with Crippen molar-refractivity contribution in [1.82, 2.24) is 0 Å². The Balaban J connectivity index is 1.78. The van der Waals surface area contributed by atoms with Gasteiger partial charge in [-0.2, -0.15) is 0 Å². The van der Waals surface area contributed by atoms with Crippen LogP contribution in [0, 0.1) is 5.92 Å². The van der Waals surface area contributed by atoms with Crippen molar-refractivity contribution in [3.05, 3.63) is 59.9 Å². The van der Waals surface area contributed by atoms with Crippen LogP contribution in [0.15, 0.2) is 48.7 Å². The molecule has 1 aliphatic rings. The van der Waals surface area contributed by atoms with E-state index in [9.17, 15) is 39.9 Å². The first-order valence-electron chi connectivity index (χ1n) is 11.6. The van der Waals surface area contributed by atoms with Gasteiger partial charge in [0.05, 0.1) is 19.3 Å². The molecule has 208 valence electrons. The highest BCUT2D eigenvalue weighted by atomic mass is 16.6. The van der Waals surface area contributed by atoms with Crippen molar-refractivity contribution < 1.29 is 58.9 Å². The summed E-state index contributed by atoms with van der Waals surface area (Å²) in [4.78, 5) is 38.0. The molecule has 12 nitrogen and oxygen atoms in total. The summed E-state index contributed by atoms with van der Waals surface area (Å²) in [6, 6.07) is 7.78. The predicted octanol–water partition coefficient (Wildman–Crippen LogP) is 1.98. The summed E-state index contributed by atoms with van der Waals surface area (Å²) in [7, 11) is 2.33. The van der Waals surface area contributed by atoms with Crippen LogP contribution in [0.4, 0.5) is 0 Å². The van der Waals surface area contributed by atoms with Crippen molar-refractivity contribution in [2.75, 3.05) is 14.2 Å². The number of carbonyl (C=O) groups is 3. The Kier molecular flexibility index (Phi) is 9.17. The lowest BCUT2D eigenvalue weighted by Crippen LogP contribution is -2.58. The van der Waals surface area contributed by atoms with E-state index in [1.54, 1.807) is 0 Å². The molecule has 0 bridgehead atoms. The maximum absolute atomic E-state index is 12.9. The van der Waals surface area contributed by atoms with Crippen molar-refractivity contribution in [1.29, 1.82) is 0 Å². The average Bonchev–Trinajstić information content (AvgIpc) is 2.92. The van der Waals surface area contributed by atoms with Gasteiger partial charge in [0.15, 0.2) is 28.6 Å². The second kappa shape index (κ2) is 12.3. The van der Waals surface area contributed by atoms with Crippen LogP contribution >= 0.6 is 0 Å². The van der Waals surface area contributed by atoms with Crippen LogP contribution in [-0.2, 0) is 33.3 Å². The van der Waals surface area contributed by atoms with Crippen LogP contribution in [-0.4, -0.2) is 75.5 Å². The zero-order valence-electron chi connectivity index (χ0n) is 21.0. The first-order chi connectivity index (χ1) is 18.5. The third-order valence-corrected chi connectivity index (χ3v) is 6.25. The summed E-state index contributed by atoms with van der Waals surface area (Å²) in [5.74, 6) is -5.54. The van der Waals surface area contributed by atoms with Crippen LogP contribution in [0.1, 0.15) is 24.0 Å². The van der Waals surface area contributed by atoms with E-state index in [1.807, 2.05) is 0 Å². The number of rotatable bonds is 8. The third-order valence-electron chi connectivity index (χ3n) is 6.25. The zero-order chi connectivity index (χ0) is 28.7. The van der Waals surface area contributed by atoms with E-state index in [1.165, 1.54) is 55.7 Å². The summed E-state index contributed by atoms with van der Waals surface area (Å²) in [5.41, 5.74) is -0.979. The van der Waals surface area contributed by atoms with Crippen molar-refractivity contribution in [2.24, 2.45) is 5.92 Å². The molecule has 1 fully saturated rings. The molecule has 3 rings (SSSR count). The molecule has 0 saturated heterocycles. The monoisotopic (exact) mass is 544 g/mol. The fourth-order valence-electron chi connectivity index (χ4n) is 4.11. The Hall–Kier alpha value is -4.55. The zero-order valence-corrected chi connectivity index (χ0v) is 21.0. The first kappa shape index (κ1) is 29.0. The van der Waals surface area contributed by atoms with Crippen LogP contribution < -0.4 is 0 Å². The summed E-state index contributed by atoms with van der Waals surface area (Å²) >= 11 is 0. The lowest BCUT2D eigenvalue weighted by molar-refractivity contribution is -0.200. The Labute approximate surface area is 222 Å². The minimum absolute atomic E-state index is 0.316. The van der Waals surface area contributed by atoms with Crippen molar-refractivity contribution in [3.63, 3.8) is 0 Å². The topological polar surface area (TPSA) is 189 Å². The molecule has 2 aromatic rings. The number of phenolic OH excluding ortho intramolecular Hbond substituents is 4. The number of phenols is 4. The van der Waals surface area contributed by atoms with Gasteiger partial charge in [-0.15, -0.1) is 0 Å². The second-order valence-corrected chi connectivity index (χ2v) is 8.74. The van der Waals surface area contributed by atoms with Crippen LogP contribution in [0.25, 0.3) is 12.2 Å². The van der Waals surface area contributed by atoms with E-state index in [2.05, 4.69) is 0 Å². The highest BCUT2D eigenvalue weighted by Crippen LogP contribution is 2.39. The van der Waals surface area contributed by atoms with E-state index < -0.39 is 47.4 Å². The molecule has 5 N–H and O–H groups in total. The lowest BCUT2D eigenvalue weighted by Gasteiger charge is -2.42. The Morgan fingerprint density at radius 3 is 2.00 bits per heavy atom. The van der Waals surface area contributed by atoms with Gasteiger partial charge in [-0.25, -0.2) is 9.59 Å². The molecule has 0 radical (unpaired) electrons. The van der Waals surface area contributed by atoms with Gasteiger partial charge in [0, 0.05) is 26.0 Å². The van der Waals surface area contributed by atoms with Crippen molar-refractivity contribution >= 4 is 30.1 Å². The lowest BCUT2D eigenvalue weighted by atomic mass is 9.74. The molecule has 0 heterocycles. The molecule has 0 unspecified atom stereocenters. The molecular formula is C27H28O12. The standard InChI is InChI=1S/C27H28O12/c1-36-26(35)27(37-2)13-17(25(34)38-10-9-16-4-7-19(29)21(31)12-16)24(33)22(14-27)39-23(32)8-5-15-3-6-18(28)20(30)11-15/h3-12,17,22,24,28-31,33H,13-14H2,1-2H3/t17-,22-,24+,27+/m1/s1. The molecule has 12 heteroatoms. The van der Waals surface area contributed by atoms with E-state index in [-0.39, 0.29) is 30.1 Å². The predicted molar refractivity (Wildman–Crippen MR) is 134 cm³/mol. The van der Waals surface area contributed by atoms with Gasteiger partial charge in [-0.05, 0) is 47.5 Å². The number of aliphatic hydroxyl groups is 1. The Morgan fingerprint density at radius 2 is 1.46 bits per heavy atom. The van der Waals surface area contributed by atoms with Gasteiger partial charge in [0.25, 0.3) is 0 Å². The summed E-state index contributed by atoms with van der Waals surface area (Å²) in [6.45, 7) is 0. The normalized spacial score (nSPS) is 23.0. The van der Waals surface area contributed by atoms with Gasteiger partial charge in [0.2, 0.25) is 0 Å². The van der Waals surface area contributed by atoms with Gasteiger partial charge >= 0.3 is 17.9 Å². The highest BCUT2D eigenvalue weighted by molar-refractivity contribution is 5.88. The third kappa shape index (κ3) is 6.86. The molecule has 2 aromatic carbocycles. The maximum atomic E-state index is 12.9. The number of aliphatic hydroxyl groups excluding tert-OH is 1. The highest BCUT2D eigenvalue weighted by Gasteiger charge is 2.55. The number of carbonyl (C=O) groups excluding carboxylic acids is 3. The minimum Gasteiger partial charge on any atom is -0.504 e. The van der Waals surface area contributed by atoms with E-state index in [0.29, 0.717) is 11.1 Å². The molecule has 0 aliphatic heterocycles. The van der Waals surface area contributed by atoms with Crippen LogP contribution in [0.5, 0.6) is 23.0 Å². The number of benzene rings is 2. The Morgan fingerprint density at radius 1 is 0.872 bits per heavy atom. The molecule has 0 amide bonds. The molecule has 1 aliphatic carbocycles. The number of hydrogen-bond acceptors (Lipinski definition) is 12. The van der Waals surface area contributed by atoms with Gasteiger partial charge < -0.3 is 44.5 Å². The van der Waals surface area contributed by atoms with Crippen molar-refractivity contribution in [2.45, 2.75) is 30.7 Å². The molecule has 0 aromatic heterocycles. The number of hydrogen-bond donors (Lipinski definition) is 5. The summed E-state index contributed by atoms with van der Waals surface area (Å²) in [6.07, 6.45) is 1.01. The fraction of sp³-hybridized carbons (Fsp3) is 0.296. The Bertz CT molecular complexity index is 1280. The van der Waals surface area contributed by atoms with Gasteiger partial charge in [-0.3, -0.25) is 4.79 Å². The first-order valence-corrected chi connectivity index (χ1v) is 11.6. The smallest absolute Gasteiger partial charge is 0.338 e. The second-order valence-electron chi connectivity index (χ2n) is 8.74. The molecule has 0 spiro atoms. The summed E-state index contributed by atoms with van der Waals surface area (Å²) in [5, 5.41) is 48.9. The maximum Gasteiger partial charge on any atom is 0.338 e. The van der Waals surface area contributed by atoms with E-state index >= 15 is 0 Å². The van der Waals surface area contributed by atoms with Gasteiger partial charge in [-0.1, -0.05) is 12.1 Å². The summed E-state index contributed by atoms with van der Waals surface area (Å²) < 4.78 is 20.7. The molecule has 1 saturated carbocycles. The minimum atomic E-state index is -1.73. The molecule has 39 heavy (non-hydrogen) atoms. The molecular weight excluding hydrogens is 516 g/mol. The quantitative estimate of drug-likeness (QED) is 0.107. The average molecular weight is 545 g/mol. The fourth-order valence-corrected chi connectivity index (χ4v) is 4.11.